The van der Waals surface area contributed by atoms with E-state index in [-0.39, 0.29) is 17.1 Å². The third kappa shape index (κ3) is 4.57. The Kier molecular flexibility index (Phi) is 7.36. The van der Waals surface area contributed by atoms with Crippen LogP contribution in [0.5, 0.6) is 0 Å². The third-order valence-corrected chi connectivity index (χ3v) is 3.11. The van der Waals surface area contributed by atoms with Crippen LogP contribution in [0, 0.1) is 29.2 Å². The third-order valence-electron chi connectivity index (χ3n) is 3.11. The number of alkyl halides is 6. The van der Waals surface area contributed by atoms with Crippen molar-refractivity contribution >= 4 is 0 Å². The molecule has 3 atom stereocenters. The van der Waals surface area contributed by atoms with E-state index >= 15 is 0 Å². The Morgan fingerprint density at radius 1 is 0.760 bits per heavy atom. The van der Waals surface area contributed by atoms with Gasteiger partial charge in [0.1, 0.15) is 11.5 Å². The van der Waals surface area contributed by atoms with Gasteiger partial charge in [-0.25, -0.2) is 17.6 Å². The smallest absolute Gasteiger partial charge is 0.393 e. The van der Waals surface area contributed by atoms with Crippen molar-refractivity contribution in [1.29, 1.82) is 0 Å². The van der Waals surface area contributed by atoms with Gasteiger partial charge in [0.25, 0.3) is 0 Å². The van der Waals surface area contributed by atoms with E-state index in [2.05, 4.69) is 0 Å². The number of hydrogen-bond acceptors (Lipinski definition) is 2. The molecular weight excluding hydrogens is 430 g/mol. The maximum atomic E-state index is 13.6. The first kappa shape index (κ1) is 24.0. The molecule has 3 unspecified atom stereocenters. The van der Waals surface area contributed by atoms with Gasteiger partial charge in [0.15, 0.2) is 23.3 Å². The van der Waals surface area contributed by atoms with Crippen LogP contribution in [0.4, 0.5) is 43.9 Å². The number of hydrogen-bond donors (Lipinski definition) is 2. The predicted octanol–water partition coefficient (Wildman–Crippen LogP) is 3.85. The molecule has 0 heterocycles. The SMILES string of the molecule is CC(O)C(C(O)c1c(F)c(F)c(C(F)(F)F)c(F)c1F)C(F)(F)F.[Cu]. The van der Waals surface area contributed by atoms with Crippen molar-refractivity contribution in [2.75, 3.05) is 0 Å². The van der Waals surface area contributed by atoms with Crippen molar-refractivity contribution in [1.82, 2.24) is 0 Å². The Bertz CT molecular complexity index is 597. The second-order valence-electron chi connectivity index (χ2n) is 4.80. The van der Waals surface area contributed by atoms with Gasteiger partial charge in [-0.3, -0.25) is 0 Å². The summed E-state index contributed by atoms with van der Waals surface area (Å²) in [5, 5.41) is 18.4. The van der Waals surface area contributed by atoms with Crippen molar-refractivity contribution in [3.63, 3.8) is 0 Å². The molecule has 2 nitrogen and oxygen atoms in total. The van der Waals surface area contributed by atoms with Crippen LogP contribution in [0.1, 0.15) is 24.2 Å². The quantitative estimate of drug-likeness (QED) is 0.428. The van der Waals surface area contributed by atoms with Crippen molar-refractivity contribution in [2.24, 2.45) is 5.92 Å². The van der Waals surface area contributed by atoms with E-state index in [1.165, 1.54) is 0 Å². The normalized spacial score (nSPS) is 16.2. The van der Waals surface area contributed by atoms with Gasteiger partial charge in [0, 0.05) is 17.1 Å². The average Bonchev–Trinajstić information content (AvgIpc) is 2.32. The second-order valence-corrected chi connectivity index (χ2v) is 4.80. The Labute approximate surface area is 143 Å². The molecule has 0 bridgehead atoms. The summed E-state index contributed by atoms with van der Waals surface area (Å²) in [6, 6.07) is 0. The Morgan fingerprint density at radius 2 is 1.12 bits per heavy atom. The number of benzene rings is 1. The minimum atomic E-state index is -5.88. The summed E-state index contributed by atoms with van der Waals surface area (Å²) < 4.78 is 129. The monoisotopic (exact) mass is 437 g/mol. The summed E-state index contributed by atoms with van der Waals surface area (Å²) in [5.41, 5.74) is -5.30. The van der Waals surface area contributed by atoms with Crippen molar-refractivity contribution < 1.29 is 71.2 Å². The zero-order chi connectivity index (χ0) is 19.2. The average molecular weight is 438 g/mol. The van der Waals surface area contributed by atoms with Gasteiger partial charge in [-0.2, -0.15) is 26.3 Å². The fourth-order valence-electron chi connectivity index (χ4n) is 2.05. The Morgan fingerprint density at radius 3 is 1.36 bits per heavy atom. The van der Waals surface area contributed by atoms with E-state index < -0.39 is 64.9 Å². The van der Waals surface area contributed by atoms with E-state index in [1.54, 1.807) is 0 Å². The molecule has 1 aromatic rings. The molecule has 0 saturated heterocycles. The number of aliphatic hydroxyl groups excluding tert-OH is 2. The van der Waals surface area contributed by atoms with Crippen LogP contribution in [-0.4, -0.2) is 22.5 Å². The maximum absolute atomic E-state index is 13.6. The zero-order valence-electron chi connectivity index (χ0n) is 11.7. The van der Waals surface area contributed by atoms with Crippen LogP contribution in [0.2, 0.25) is 0 Å². The van der Waals surface area contributed by atoms with E-state index in [0.29, 0.717) is 6.92 Å². The molecule has 149 valence electrons. The molecule has 1 radical (unpaired) electrons. The maximum Gasteiger partial charge on any atom is 0.422 e. The molecule has 13 heteroatoms. The fraction of sp³-hybridized carbons (Fsp3) is 0.500. The van der Waals surface area contributed by atoms with Gasteiger partial charge in [0.05, 0.1) is 17.8 Å². The molecule has 0 aliphatic heterocycles. The van der Waals surface area contributed by atoms with Gasteiger partial charge in [-0.05, 0) is 6.92 Å². The van der Waals surface area contributed by atoms with E-state index in [1.807, 2.05) is 0 Å². The summed E-state index contributed by atoms with van der Waals surface area (Å²) in [4.78, 5) is 0. The first-order chi connectivity index (χ1) is 10.6. The van der Waals surface area contributed by atoms with Crippen LogP contribution in [0.25, 0.3) is 0 Å². The summed E-state index contributed by atoms with van der Waals surface area (Å²) >= 11 is 0. The molecule has 2 N–H and O–H groups in total. The molecule has 0 aromatic heterocycles. The van der Waals surface area contributed by atoms with Crippen molar-refractivity contribution in [2.45, 2.75) is 31.5 Å². The standard InChI is InChI=1S/C12H8F10O2.Cu/c1-2(23)4(11(17,18)19)10(24)3-6(13)8(15)5(12(20,21)22)9(16)7(3)14;/h2,4,10,23-24H,1H3;. The van der Waals surface area contributed by atoms with Crippen molar-refractivity contribution in [3.05, 3.63) is 34.4 Å². The molecule has 1 aromatic carbocycles. The molecule has 0 amide bonds. The summed E-state index contributed by atoms with van der Waals surface area (Å²) in [6.07, 6.45) is -17.3. The van der Waals surface area contributed by atoms with E-state index in [4.69, 9.17) is 5.11 Å². The minimum absolute atomic E-state index is 0. The topological polar surface area (TPSA) is 40.5 Å². The van der Waals surface area contributed by atoms with Crippen LogP contribution in [0.3, 0.4) is 0 Å². The molecule has 0 saturated carbocycles. The molecule has 0 spiro atoms. The largest absolute Gasteiger partial charge is 0.422 e. The van der Waals surface area contributed by atoms with Crippen molar-refractivity contribution in [3.8, 4) is 0 Å². The number of aliphatic hydroxyl groups is 2. The number of rotatable bonds is 3. The van der Waals surface area contributed by atoms with E-state index in [9.17, 15) is 49.0 Å². The predicted molar refractivity (Wildman–Crippen MR) is 57.5 cm³/mol. The molecule has 25 heavy (non-hydrogen) atoms. The first-order valence-corrected chi connectivity index (χ1v) is 5.98. The van der Waals surface area contributed by atoms with Crippen LogP contribution in [0.15, 0.2) is 0 Å². The van der Waals surface area contributed by atoms with Gasteiger partial charge >= 0.3 is 12.4 Å². The molecule has 1 rings (SSSR count). The summed E-state index contributed by atoms with van der Waals surface area (Å²) in [5.74, 6) is -15.0. The zero-order valence-corrected chi connectivity index (χ0v) is 12.6. The van der Waals surface area contributed by atoms with Gasteiger partial charge < -0.3 is 10.2 Å². The number of halogens is 10. The minimum Gasteiger partial charge on any atom is -0.393 e. The van der Waals surface area contributed by atoms with Crippen LogP contribution >= 0.6 is 0 Å². The molecule has 0 aliphatic rings. The Hall–Kier alpha value is -1.04. The summed E-state index contributed by atoms with van der Waals surface area (Å²) in [6.45, 7) is 0.452. The molecule has 0 aliphatic carbocycles. The fourth-order valence-corrected chi connectivity index (χ4v) is 2.05. The van der Waals surface area contributed by atoms with Gasteiger partial charge in [-0.15, -0.1) is 0 Å². The first-order valence-electron chi connectivity index (χ1n) is 5.98. The van der Waals surface area contributed by atoms with Crippen LogP contribution < -0.4 is 0 Å². The van der Waals surface area contributed by atoms with Gasteiger partial charge in [0.2, 0.25) is 0 Å². The Balaban J connectivity index is 0.00000576. The van der Waals surface area contributed by atoms with E-state index in [0.717, 1.165) is 0 Å². The second kappa shape index (κ2) is 7.68. The summed E-state index contributed by atoms with van der Waals surface area (Å²) in [7, 11) is 0. The van der Waals surface area contributed by atoms with Crippen LogP contribution in [-0.2, 0) is 23.2 Å². The van der Waals surface area contributed by atoms with Gasteiger partial charge in [-0.1, -0.05) is 0 Å². The molecular formula is C12H8CuF10O2. The molecule has 0 fully saturated rings.